The average molecular weight is 277 g/mol. The highest BCUT2D eigenvalue weighted by molar-refractivity contribution is 5.88. The molecule has 0 aliphatic carbocycles. The van der Waals surface area contributed by atoms with Gasteiger partial charge in [-0.3, -0.25) is 4.90 Å². The summed E-state index contributed by atoms with van der Waals surface area (Å²) in [7, 11) is 1.60. The van der Waals surface area contributed by atoms with Crippen molar-refractivity contribution < 1.29 is 14.6 Å². The smallest absolute Gasteiger partial charge is 0.416 e. The van der Waals surface area contributed by atoms with E-state index in [9.17, 15) is 4.79 Å². The molecule has 0 spiro atoms. The summed E-state index contributed by atoms with van der Waals surface area (Å²) >= 11 is 0. The zero-order valence-corrected chi connectivity index (χ0v) is 12.1. The molecule has 1 amide bonds. The fraction of sp³-hybridized carbons (Fsp3) is 0.429. The van der Waals surface area contributed by atoms with Gasteiger partial charge in [-0.1, -0.05) is 6.07 Å². The number of H-pyrrole nitrogens is 1. The zero-order chi connectivity index (χ0) is 14.9. The summed E-state index contributed by atoms with van der Waals surface area (Å²) < 4.78 is 5.28. The molecule has 20 heavy (non-hydrogen) atoms. The molecule has 0 fully saturated rings. The molecule has 1 aromatic heterocycles. The number of ether oxygens (including phenoxy) is 1. The van der Waals surface area contributed by atoms with Gasteiger partial charge in [-0.2, -0.15) is 0 Å². The van der Waals surface area contributed by atoms with Gasteiger partial charge < -0.3 is 14.8 Å². The predicted molar refractivity (Wildman–Crippen MR) is 76.7 cm³/mol. The minimum absolute atomic E-state index is 0.0355. The van der Waals surface area contributed by atoms with E-state index in [1.165, 1.54) is 4.90 Å². The number of aliphatic hydroxyl groups is 1. The van der Waals surface area contributed by atoms with Crippen LogP contribution in [0.25, 0.3) is 11.0 Å². The number of anilines is 1. The highest BCUT2D eigenvalue weighted by atomic mass is 16.6. The van der Waals surface area contributed by atoms with Crippen molar-refractivity contribution in [3.05, 3.63) is 23.8 Å². The van der Waals surface area contributed by atoms with Crippen LogP contribution in [0.4, 0.5) is 10.7 Å². The first-order chi connectivity index (χ1) is 9.30. The van der Waals surface area contributed by atoms with Gasteiger partial charge in [0.05, 0.1) is 17.6 Å². The van der Waals surface area contributed by atoms with Gasteiger partial charge in [0.2, 0.25) is 5.95 Å². The van der Waals surface area contributed by atoms with E-state index in [0.29, 0.717) is 5.95 Å². The lowest BCUT2D eigenvalue weighted by Crippen LogP contribution is -2.34. The Balaban J connectivity index is 2.26. The van der Waals surface area contributed by atoms with Crippen molar-refractivity contribution in [2.45, 2.75) is 33.0 Å². The molecule has 1 aromatic carbocycles. The van der Waals surface area contributed by atoms with Crippen molar-refractivity contribution in [2.75, 3.05) is 11.9 Å². The lowest BCUT2D eigenvalue weighted by molar-refractivity contribution is 0.0587. The van der Waals surface area contributed by atoms with Crippen LogP contribution in [0.15, 0.2) is 18.2 Å². The molecule has 6 heteroatoms. The summed E-state index contributed by atoms with van der Waals surface area (Å²) in [6.07, 6.45) is -0.473. The Kier molecular flexibility index (Phi) is 3.67. The number of nitrogens with one attached hydrogen (secondary N) is 1. The second kappa shape index (κ2) is 5.13. The van der Waals surface area contributed by atoms with Crippen molar-refractivity contribution in [1.82, 2.24) is 9.97 Å². The van der Waals surface area contributed by atoms with E-state index in [-0.39, 0.29) is 6.61 Å². The summed E-state index contributed by atoms with van der Waals surface area (Å²) in [6, 6.07) is 5.39. The third kappa shape index (κ3) is 3.08. The Morgan fingerprint density at radius 3 is 2.75 bits per heavy atom. The number of aliphatic hydroxyl groups excluding tert-OH is 1. The number of rotatable bonds is 2. The first kappa shape index (κ1) is 14.3. The molecule has 0 saturated heterocycles. The molecule has 0 aliphatic rings. The highest BCUT2D eigenvalue weighted by Gasteiger charge is 2.22. The maximum atomic E-state index is 12.0. The normalized spacial score (nSPS) is 11.7. The summed E-state index contributed by atoms with van der Waals surface area (Å²) in [5.74, 6) is 0.407. The molecule has 0 radical (unpaired) electrons. The van der Waals surface area contributed by atoms with Crippen LogP contribution in [0.5, 0.6) is 0 Å². The molecule has 2 rings (SSSR count). The van der Waals surface area contributed by atoms with E-state index >= 15 is 0 Å². The molecule has 0 unspecified atom stereocenters. The van der Waals surface area contributed by atoms with Crippen LogP contribution >= 0.6 is 0 Å². The maximum absolute atomic E-state index is 12.0. The molecule has 0 saturated carbocycles. The van der Waals surface area contributed by atoms with Crippen LogP contribution < -0.4 is 4.90 Å². The molecule has 108 valence electrons. The van der Waals surface area contributed by atoms with E-state index < -0.39 is 11.7 Å². The van der Waals surface area contributed by atoms with E-state index in [1.807, 2.05) is 20.8 Å². The number of fused-ring (bicyclic) bond motifs is 1. The molecule has 0 aliphatic heterocycles. The molecule has 2 N–H and O–H groups in total. The number of imidazole rings is 1. The SMILES string of the molecule is CN(C(=O)OC(C)(C)C)c1nc2ccc(CO)cc2[nH]1. The van der Waals surface area contributed by atoms with Crippen molar-refractivity contribution >= 4 is 23.1 Å². The van der Waals surface area contributed by atoms with E-state index in [2.05, 4.69) is 9.97 Å². The summed E-state index contributed by atoms with van der Waals surface area (Å²) in [5.41, 5.74) is 1.73. The van der Waals surface area contributed by atoms with Gasteiger partial charge in [-0.05, 0) is 38.5 Å². The number of amides is 1. The van der Waals surface area contributed by atoms with Crippen molar-refractivity contribution in [3.63, 3.8) is 0 Å². The van der Waals surface area contributed by atoms with E-state index in [1.54, 1.807) is 25.2 Å². The third-order valence-corrected chi connectivity index (χ3v) is 2.70. The van der Waals surface area contributed by atoms with Crippen LogP contribution in [0.1, 0.15) is 26.3 Å². The van der Waals surface area contributed by atoms with Crippen LogP contribution in [0.3, 0.4) is 0 Å². The van der Waals surface area contributed by atoms with Crippen LogP contribution in [-0.4, -0.2) is 33.8 Å². The topological polar surface area (TPSA) is 78.5 Å². The predicted octanol–water partition coefficient (Wildman–Crippen LogP) is 2.43. The summed E-state index contributed by atoms with van der Waals surface area (Å²) in [4.78, 5) is 20.7. The highest BCUT2D eigenvalue weighted by Crippen LogP contribution is 2.19. The number of hydrogen-bond donors (Lipinski definition) is 2. The Morgan fingerprint density at radius 1 is 1.45 bits per heavy atom. The Morgan fingerprint density at radius 2 is 2.15 bits per heavy atom. The molecular formula is C14H19N3O3. The first-order valence-electron chi connectivity index (χ1n) is 6.36. The molecule has 0 atom stereocenters. The van der Waals surface area contributed by atoms with Gasteiger partial charge in [-0.25, -0.2) is 9.78 Å². The first-order valence-corrected chi connectivity index (χ1v) is 6.36. The molecule has 2 aromatic rings. The van der Waals surface area contributed by atoms with Crippen molar-refractivity contribution in [2.24, 2.45) is 0 Å². The molecule has 0 bridgehead atoms. The van der Waals surface area contributed by atoms with Gasteiger partial charge in [0.25, 0.3) is 0 Å². The number of carbonyl (C=O) groups is 1. The fourth-order valence-corrected chi connectivity index (χ4v) is 1.72. The van der Waals surface area contributed by atoms with Crippen molar-refractivity contribution in [3.8, 4) is 0 Å². The zero-order valence-electron chi connectivity index (χ0n) is 12.1. The number of nitrogens with zero attached hydrogens (tertiary/aromatic N) is 2. The molecular weight excluding hydrogens is 258 g/mol. The molecule has 6 nitrogen and oxygen atoms in total. The number of benzene rings is 1. The average Bonchev–Trinajstić information content (AvgIpc) is 2.78. The van der Waals surface area contributed by atoms with E-state index in [4.69, 9.17) is 9.84 Å². The summed E-state index contributed by atoms with van der Waals surface area (Å²) in [6.45, 7) is 5.40. The van der Waals surface area contributed by atoms with Crippen molar-refractivity contribution in [1.29, 1.82) is 0 Å². The second-order valence-electron chi connectivity index (χ2n) is 5.61. The number of hydrogen-bond acceptors (Lipinski definition) is 4. The standard InChI is InChI=1S/C14H19N3O3/c1-14(2,3)20-13(19)17(4)12-15-10-6-5-9(8-18)7-11(10)16-12/h5-7,18H,8H2,1-4H3,(H,15,16). The van der Waals surface area contributed by atoms with Gasteiger partial charge in [0.1, 0.15) is 5.60 Å². The minimum atomic E-state index is -0.554. The number of carbonyl (C=O) groups excluding carboxylic acids is 1. The second-order valence-corrected chi connectivity index (χ2v) is 5.61. The maximum Gasteiger partial charge on any atom is 0.416 e. The van der Waals surface area contributed by atoms with Gasteiger partial charge >= 0.3 is 6.09 Å². The lowest BCUT2D eigenvalue weighted by Gasteiger charge is -2.23. The van der Waals surface area contributed by atoms with Gasteiger partial charge in [0, 0.05) is 7.05 Å². The van der Waals surface area contributed by atoms with Crippen LogP contribution in [0.2, 0.25) is 0 Å². The number of aromatic amines is 1. The van der Waals surface area contributed by atoms with Crippen LogP contribution in [-0.2, 0) is 11.3 Å². The van der Waals surface area contributed by atoms with Gasteiger partial charge in [0.15, 0.2) is 0 Å². The Hall–Kier alpha value is -2.08. The lowest BCUT2D eigenvalue weighted by atomic mass is 10.2. The van der Waals surface area contributed by atoms with E-state index in [0.717, 1.165) is 16.6 Å². The third-order valence-electron chi connectivity index (χ3n) is 2.70. The quantitative estimate of drug-likeness (QED) is 0.883. The Bertz CT molecular complexity index is 628. The number of aromatic nitrogens is 2. The van der Waals surface area contributed by atoms with Gasteiger partial charge in [-0.15, -0.1) is 0 Å². The molecule has 1 heterocycles. The summed E-state index contributed by atoms with van der Waals surface area (Å²) in [5, 5.41) is 9.11. The minimum Gasteiger partial charge on any atom is -0.443 e. The Labute approximate surface area is 117 Å². The largest absolute Gasteiger partial charge is 0.443 e. The van der Waals surface area contributed by atoms with Crippen LogP contribution in [0, 0.1) is 0 Å². The monoisotopic (exact) mass is 277 g/mol. The fourth-order valence-electron chi connectivity index (χ4n) is 1.72.